The zero-order chi connectivity index (χ0) is 14.5. The van der Waals surface area contributed by atoms with Crippen LogP contribution >= 0.6 is 0 Å². The Kier molecular flexibility index (Phi) is 5.38. The van der Waals surface area contributed by atoms with Crippen molar-refractivity contribution < 1.29 is 4.74 Å². The number of nitrogens with two attached hydrogens (primary N) is 1. The van der Waals surface area contributed by atoms with Crippen molar-refractivity contribution in [3.05, 3.63) is 23.9 Å². The van der Waals surface area contributed by atoms with Gasteiger partial charge in [0.2, 0.25) is 5.88 Å². The Morgan fingerprint density at radius 1 is 1.35 bits per heavy atom. The summed E-state index contributed by atoms with van der Waals surface area (Å²) in [6, 6.07) is 4.28. The SMILES string of the molecule is COc1ccc(C(CN)N2CCC(C(C)C)CC2)cn1. The highest BCUT2D eigenvalue weighted by molar-refractivity contribution is 5.21. The molecular weight excluding hydrogens is 250 g/mol. The molecule has 0 amide bonds. The molecule has 2 rings (SSSR count). The number of nitrogens with zero attached hydrogens (tertiary/aromatic N) is 2. The summed E-state index contributed by atoms with van der Waals surface area (Å²) in [6.45, 7) is 7.57. The largest absolute Gasteiger partial charge is 0.481 e. The fourth-order valence-corrected chi connectivity index (χ4v) is 3.10. The lowest BCUT2D eigenvalue weighted by Crippen LogP contribution is -2.40. The van der Waals surface area contributed by atoms with Crippen molar-refractivity contribution in [2.45, 2.75) is 32.7 Å². The van der Waals surface area contributed by atoms with Crippen LogP contribution in [0.15, 0.2) is 18.3 Å². The zero-order valence-corrected chi connectivity index (χ0v) is 12.9. The van der Waals surface area contributed by atoms with Gasteiger partial charge in [0.05, 0.1) is 7.11 Å². The molecular formula is C16H27N3O. The van der Waals surface area contributed by atoms with E-state index in [0.29, 0.717) is 12.4 Å². The smallest absolute Gasteiger partial charge is 0.212 e. The Bertz CT molecular complexity index is 397. The summed E-state index contributed by atoms with van der Waals surface area (Å²) in [5.74, 6) is 2.30. The summed E-state index contributed by atoms with van der Waals surface area (Å²) in [5, 5.41) is 0. The Morgan fingerprint density at radius 3 is 2.50 bits per heavy atom. The van der Waals surface area contributed by atoms with Gasteiger partial charge in [0, 0.05) is 24.8 Å². The highest BCUT2D eigenvalue weighted by Crippen LogP contribution is 2.29. The van der Waals surface area contributed by atoms with Crippen molar-refractivity contribution >= 4 is 0 Å². The second-order valence-corrected chi connectivity index (χ2v) is 6.00. The van der Waals surface area contributed by atoms with Gasteiger partial charge < -0.3 is 10.5 Å². The van der Waals surface area contributed by atoms with Gasteiger partial charge in [-0.1, -0.05) is 19.9 Å². The summed E-state index contributed by atoms with van der Waals surface area (Å²) in [4.78, 5) is 6.80. The first-order valence-electron chi connectivity index (χ1n) is 7.59. The van der Waals surface area contributed by atoms with Crippen molar-refractivity contribution in [1.29, 1.82) is 0 Å². The van der Waals surface area contributed by atoms with Gasteiger partial charge >= 0.3 is 0 Å². The highest BCUT2D eigenvalue weighted by atomic mass is 16.5. The third-order valence-electron chi connectivity index (χ3n) is 4.53. The molecule has 1 aromatic heterocycles. The Hall–Kier alpha value is -1.13. The van der Waals surface area contributed by atoms with E-state index >= 15 is 0 Å². The summed E-state index contributed by atoms with van der Waals surface area (Å²) >= 11 is 0. The van der Waals surface area contributed by atoms with Crippen LogP contribution in [-0.2, 0) is 0 Å². The van der Waals surface area contributed by atoms with E-state index < -0.39 is 0 Å². The van der Waals surface area contributed by atoms with Crippen molar-refractivity contribution in [1.82, 2.24) is 9.88 Å². The van der Waals surface area contributed by atoms with Gasteiger partial charge in [0.25, 0.3) is 0 Å². The highest BCUT2D eigenvalue weighted by Gasteiger charge is 2.26. The first-order valence-corrected chi connectivity index (χ1v) is 7.59. The minimum atomic E-state index is 0.279. The average molecular weight is 277 g/mol. The lowest BCUT2D eigenvalue weighted by atomic mass is 9.86. The van der Waals surface area contributed by atoms with Crippen LogP contribution in [-0.4, -0.2) is 36.6 Å². The second-order valence-electron chi connectivity index (χ2n) is 6.00. The van der Waals surface area contributed by atoms with Gasteiger partial charge in [0.1, 0.15) is 0 Å². The van der Waals surface area contributed by atoms with Crippen LogP contribution in [0.1, 0.15) is 38.3 Å². The van der Waals surface area contributed by atoms with E-state index in [2.05, 4.69) is 29.8 Å². The van der Waals surface area contributed by atoms with Crippen LogP contribution < -0.4 is 10.5 Å². The maximum Gasteiger partial charge on any atom is 0.212 e. The molecule has 1 atom stereocenters. The molecule has 4 heteroatoms. The quantitative estimate of drug-likeness (QED) is 0.898. The molecule has 112 valence electrons. The van der Waals surface area contributed by atoms with Gasteiger partial charge in [-0.2, -0.15) is 0 Å². The lowest BCUT2D eigenvalue weighted by molar-refractivity contribution is 0.117. The molecule has 1 unspecified atom stereocenters. The minimum Gasteiger partial charge on any atom is -0.481 e. The molecule has 0 aliphatic carbocycles. The van der Waals surface area contributed by atoms with Gasteiger partial charge in [-0.3, -0.25) is 4.90 Å². The van der Waals surface area contributed by atoms with Crippen LogP contribution in [0.5, 0.6) is 5.88 Å². The van der Waals surface area contributed by atoms with Crippen LogP contribution in [0, 0.1) is 11.8 Å². The predicted molar refractivity (Wildman–Crippen MR) is 81.7 cm³/mol. The van der Waals surface area contributed by atoms with Crippen molar-refractivity contribution in [3.8, 4) is 5.88 Å². The number of pyridine rings is 1. The Labute approximate surface area is 122 Å². The molecule has 0 radical (unpaired) electrons. The molecule has 2 N–H and O–H groups in total. The van der Waals surface area contributed by atoms with Crippen LogP contribution in [0.3, 0.4) is 0 Å². The van der Waals surface area contributed by atoms with E-state index in [1.54, 1.807) is 7.11 Å². The standard InChI is InChI=1S/C16H27N3O/c1-12(2)13-6-8-19(9-7-13)15(10-17)14-4-5-16(20-3)18-11-14/h4-5,11-13,15H,6-10,17H2,1-3H3. The number of aromatic nitrogens is 1. The van der Waals surface area contributed by atoms with Crippen molar-refractivity contribution in [3.63, 3.8) is 0 Å². The maximum absolute atomic E-state index is 6.00. The van der Waals surface area contributed by atoms with E-state index in [-0.39, 0.29) is 6.04 Å². The molecule has 0 aromatic carbocycles. The minimum absolute atomic E-state index is 0.279. The molecule has 0 spiro atoms. The molecule has 1 aliphatic rings. The molecule has 1 saturated heterocycles. The fourth-order valence-electron chi connectivity index (χ4n) is 3.10. The lowest BCUT2D eigenvalue weighted by Gasteiger charge is -2.38. The predicted octanol–water partition coefficient (Wildman–Crippen LogP) is 2.46. The average Bonchev–Trinajstić information content (AvgIpc) is 2.49. The first kappa shape index (κ1) is 15.3. The Morgan fingerprint density at radius 2 is 2.05 bits per heavy atom. The summed E-state index contributed by atoms with van der Waals surface area (Å²) in [7, 11) is 1.64. The van der Waals surface area contributed by atoms with Crippen molar-refractivity contribution in [2.24, 2.45) is 17.6 Å². The molecule has 20 heavy (non-hydrogen) atoms. The third-order valence-corrected chi connectivity index (χ3v) is 4.53. The topological polar surface area (TPSA) is 51.4 Å². The Balaban J connectivity index is 2.01. The third kappa shape index (κ3) is 3.49. The van der Waals surface area contributed by atoms with E-state index in [0.717, 1.165) is 24.9 Å². The van der Waals surface area contributed by atoms with E-state index in [1.165, 1.54) is 18.4 Å². The van der Waals surface area contributed by atoms with Gasteiger partial charge in [-0.05, 0) is 43.3 Å². The summed E-state index contributed by atoms with van der Waals surface area (Å²) in [5.41, 5.74) is 7.19. The maximum atomic E-state index is 6.00. The molecule has 2 heterocycles. The van der Waals surface area contributed by atoms with Gasteiger partial charge in [0.15, 0.2) is 0 Å². The number of hydrogen-bond acceptors (Lipinski definition) is 4. The van der Waals surface area contributed by atoms with E-state index in [1.807, 2.05) is 12.3 Å². The number of ether oxygens (including phenoxy) is 1. The number of piperidine rings is 1. The molecule has 1 aliphatic heterocycles. The number of rotatable bonds is 5. The van der Waals surface area contributed by atoms with E-state index in [9.17, 15) is 0 Å². The molecule has 1 fully saturated rings. The molecule has 1 aromatic rings. The van der Waals surface area contributed by atoms with Crippen LogP contribution in [0.2, 0.25) is 0 Å². The van der Waals surface area contributed by atoms with Crippen LogP contribution in [0.25, 0.3) is 0 Å². The molecule has 0 saturated carbocycles. The number of hydrogen-bond donors (Lipinski definition) is 1. The normalized spacial score (nSPS) is 19.2. The second kappa shape index (κ2) is 7.04. The fraction of sp³-hybridized carbons (Fsp3) is 0.688. The summed E-state index contributed by atoms with van der Waals surface area (Å²) < 4.78 is 5.11. The summed E-state index contributed by atoms with van der Waals surface area (Å²) in [6.07, 6.45) is 4.44. The van der Waals surface area contributed by atoms with Gasteiger partial charge in [-0.15, -0.1) is 0 Å². The molecule has 0 bridgehead atoms. The number of methoxy groups -OCH3 is 1. The molecule has 4 nitrogen and oxygen atoms in total. The van der Waals surface area contributed by atoms with E-state index in [4.69, 9.17) is 10.5 Å². The van der Waals surface area contributed by atoms with Crippen LogP contribution in [0.4, 0.5) is 0 Å². The number of likely N-dealkylation sites (tertiary alicyclic amines) is 1. The van der Waals surface area contributed by atoms with Gasteiger partial charge in [-0.25, -0.2) is 4.98 Å². The zero-order valence-electron chi connectivity index (χ0n) is 12.9. The monoisotopic (exact) mass is 277 g/mol. The van der Waals surface area contributed by atoms with Crippen molar-refractivity contribution in [2.75, 3.05) is 26.7 Å². The first-order chi connectivity index (χ1) is 9.65.